The van der Waals surface area contributed by atoms with Gasteiger partial charge in [-0.15, -0.1) is 11.3 Å². The molecule has 4 rings (SSSR count). The van der Waals surface area contributed by atoms with Gasteiger partial charge in [0.15, 0.2) is 5.13 Å². The summed E-state index contributed by atoms with van der Waals surface area (Å²) >= 11 is 1.28. The lowest BCUT2D eigenvalue weighted by atomic mass is 10.1. The average Bonchev–Trinajstić information content (AvgIpc) is 3.28. The number of imide groups is 1. The van der Waals surface area contributed by atoms with Crippen LogP contribution in [0, 0.1) is 10.1 Å². The predicted molar refractivity (Wildman–Crippen MR) is 101 cm³/mol. The summed E-state index contributed by atoms with van der Waals surface area (Å²) < 4.78 is 0. The summed E-state index contributed by atoms with van der Waals surface area (Å²) in [5.74, 6) is -1.60. The Morgan fingerprint density at radius 2 is 1.79 bits per heavy atom. The maximum Gasteiger partial charge on any atom is 0.270 e. The molecule has 0 atom stereocenters. The van der Waals surface area contributed by atoms with Crippen LogP contribution in [0.4, 0.5) is 16.5 Å². The van der Waals surface area contributed by atoms with Gasteiger partial charge in [0, 0.05) is 29.3 Å². The van der Waals surface area contributed by atoms with Crippen LogP contribution in [0.1, 0.15) is 31.1 Å². The fourth-order valence-corrected chi connectivity index (χ4v) is 3.32. The van der Waals surface area contributed by atoms with E-state index in [1.165, 1.54) is 47.7 Å². The van der Waals surface area contributed by atoms with Crippen LogP contribution in [0.3, 0.4) is 0 Å². The van der Waals surface area contributed by atoms with Crippen LogP contribution < -0.4 is 10.2 Å². The Kier molecular flexibility index (Phi) is 4.17. The highest BCUT2D eigenvalue weighted by molar-refractivity contribution is 7.13. The van der Waals surface area contributed by atoms with Gasteiger partial charge >= 0.3 is 0 Å². The molecule has 0 spiro atoms. The molecule has 0 aliphatic carbocycles. The van der Waals surface area contributed by atoms with Gasteiger partial charge in [-0.05, 0) is 30.3 Å². The molecule has 3 aromatic rings. The zero-order valence-electron chi connectivity index (χ0n) is 14.0. The Hall–Kier alpha value is -3.92. The number of aromatic nitrogens is 1. The van der Waals surface area contributed by atoms with E-state index in [2.05, 4.69) is 10.3 Å². The number of nitrogens with one attached hydrogen (secondary N) is 1. The van der Waals surface area contributed by atoms with Crippen LogP contribution in [0.15, 0.2) is 54.0 Å². The van der Waals surface area contributed by atoms with Crippen LogP contribution >= 0.6 is 11.3 Å². The quantitative estimate of drug-likeness (QED) is 0.412. The van der Waals surface area contributed by atoms with E-state index < -0.39 is 16.7 Å². The number of nitro benzene ring substituents is 1. The lowest BCUT2D eigenvalue weighted by Gasteiger charge is -2.14. The zero-order chi connectivity index (χ0) is 19.8. The summed E-state index contributed by atoms with van der Waals surface area (Å²) in [5, 5.41) is 15.7. The molecule has 1 N–H and O–H groups in total. The van der Waals surface area contributed by atoms with Crippen LogP contribution in [0.5, 0.6) is 0 Å². The number of nitrogens with zero attached hydrogens (tertiary/aromatic N) is 3. The highest BCUT2D eigenvalue weighted by atomic mass is 32.1. The molecule has 138 valence electrons. The van der Waals surface area contributed by atoms with Gasteiger partial charge in [0.2, 0.25) is 0 Å². The van der Waals surface area contributed by atoms with Crippen molar-refractivity contribution in [2.24, 2.45) is 0 Å². The number of hydrogen-bond acceptors (Lipinski definition) is 7. The Morgan fingerprint density at radius 1 is 1.07 bits per heavy atom. The van der Waals surface area contributed by atoms with Crippen molar-refractivity contribution in [3.05, 3.63) is 80.8 Å². The highest BCUT2D eigenvalue weighted by Gasteiger charge is 2.37. The summed E-state index contributed by atoms with van der Waals surface area (Å²) in [6.07, 6.45) is 1.57. The van der Waals surface area contributed by atoms with Crippen molar-refractivity contribution in [3.8, 4) is 0 Å². The zero-order valence-corrected chi connectivity index (χ0v) is 14.8. The Bertz CT molecular complexity index is 1130. The predicted octanol–water partition coefficient (Wildman–Crippen LogP) is 3.10. The number of amides is 3. The number of benzene rings is 2. The number of carbonyl (C=O) groups excluding carboxylic acids is 3. The monoisotopic (exact) mass is 394 g/mol. The second kappa shape index (κ2) is 6.67. The minimum absolute atomic E-state index is 0.0233. The van der Waals surface area contributed by atoms with E-state index in [1.54, 1.807) is 11.6 Å². The summed E-state index contributed by atoms with van der Waals surface area (Å²) in [6, 6.07) is 9.42. The van der Waals surface area contributed by atoms with Gasteiger partial charge in [-0.3, -0.25) is 29.8 Å². The maximum atomic E-state index is 12.6. The molecule has 0 bridgehead atoms. The van der Waals surface area contributed by atoms with Gasteiger partial charge in [-0.2, -0.15) is 0 Å². The fourth-order valence-electron chi connectivity index (χ4n) is 2.79. The average molecular weight is 394 g/mol. The first-order chi connectivity index (χ1) is 13.5. The second-order valence-corrected chi connectivity index (χ2v) is 6.67. The third-order valence-electron chi connectivity index (χ3n) is 4.12. The van der Waals surface area contributed by atoms with Crippen molar-refractivity contribution in [2.45, 2.75) is 0 Å². The molecule has 0 saturated heterocycles. The van der Waals surface area contributed by atoms with Crippen LogP contribution in [0.2, 0.25) is 0 Å². The van der Waals surface area contributed by atoms with Crippen molar-refractivity contribution in [1.29, 1.82) is 0 Å². The number of anilines is 2. The summed E-state index contributed by atoms with van der Waals surface area (Å²) in [4.78, 5) is 52.5. The number of nitro groups is 1. The summed E-state index contributed by atoms with van der Waals surface area (Å²) in [7, 11) is 0. The van der Waals surface area contributed by atoms with E-state index in [4.69, 9.17) is 0 Å². The molecule has 0 saturated carbocycles. The molecule has 0 fully saturated rings. The standard InChI is InChI=1S/C18H10N4O5S/c23-15(20-18-19-7-8-28-18)10-1-3-11(4-2-10)21-16(24)13-6-5-12(22(26)27)9-14(13)17(21)25/h1-9H,(H,19,20,23). The summed E-state index contributed by atoms with van der Waals surface area (Å²) in [5.41, 5.74) is 0.396. The molecule has 2 aromatic carbocycles. The fraction of sp³-hybridized carbons (Fsp3) is 0. The van der Waals surface area contributed by atoms with Gasteiger partial charge in [-0.25, -0.2) is 9.88 Å². The Balaban J connectivity index is 1.59. The normalized spacial score (nSPS) is 12.8. The molecule has 9 nitrogen and oxygen atoms in total. The highest BCUT2D eigenvalue weighted by Crippen LogP contribution is 2.31. The molecule has 1 aliphatic rings. The number of non-ortho nitro benzene ring substituents is 1. The molecule has 1 aromatic heterocycles. The molecule has 1 aliphatic heterocycles. The second-order valence-electron chi connectivity index (χ2n) is 5.77. The van der Waals surface area contributed by atoms with Gasteiger partial charge in [0.05, 0.1) is 21.7 Å². The van der Waals surface area contributed by atoms with Gasteiger partial charge < -0.3 is 0 Å². The molecular formula is C18H10N4O5S. The topological polar surface area (TPSA) is 123 Å². The van der Waals surface area contributed by atoms with Crippen LogP contribution in [-0.4, -0.2) is 27.6 Å². The van der Waals surface area contributed by atoms with Crippen molar-refractivity contribution in [1.82, 2.24) is 4.98 Å². The lowest BCUT2D eigenvalue weighted by Crippen LogP contribution is -2.29. The van der Waals surface area contributed by atoms with Crippen LogP contribution in [0.25, 0.3) is 0 Å². The third-order valence-corrected chi connectivity index (χ3v) is 4.81. The van der Waals surface area contributed by atoms with E-state index in [9.17, 15) is 24.5 Å². The lowest BCUT2D eigenvalue weighted by molar-refractivity contribution is -0.384. The minimum atomic E-state index is -0.649. The van der Waals surface area contributed by atoms with Crippen molar-refractivity contribution < 1.29 is 19.3 Å². The van der Waals surface area contributed by atoms with E-state index in [0.717, 1.165) is 11.0 Å². The number of rotatable bonds is 4. The first-order valence-electron chi connectivity index (χ1n) is 7.94. The van der Waals surface area contributed by atoms with E-state index in [1.807, 2.05) is 0 Å². The molecule has 28 heavy (non-hydrogen) atoms. The smallest absolute Gasteiger partial charge is 0.270 e. The first kappa shape index (κ1) is 17.5. The summed E-state index contributed by atoms with van der Waals surface area (Å²) in [6.45, 7) is 0. The number of fused-ring (bicyclic) bond motifs is 1. The van der Waals surface area contributed by atoms with Gasteiger partial charge in [0.25, 0.3) is 23.4 Å². The number of thiazole rings is 1. The number of hydrogen-bond donors (Lipinski definition) is 1. The van der Waals surface area contributed by atoms with Crippen molar-refractivity contribution in [3.63, 3.8) is 0 Å². The number of carbonyl (C=O) groups is 3. The Labute approximate surface area is 161 Å². The molecule has 0 unspecified atom stereocenters. The van der Waals surface area contributed by atoms with E-state index >= 15 is 0 Å². The molecule has 2 heterocycles. The maximum absolute atomic E-state index is 12.6. The van der Waals surface area contributed by atoms with Crippen molar-refractivity contribution >= 4 is 45.6 Å². The minimum Gasteiger partial charge on any atom is -0.298 e. The SMILES string of the molecule is O=C(Nc1nccs1)c1ccc(N2C(=O)c3ccc([N+](=O)[O-])cc3C2=O)cc1. The third kappa shape index (κ3) is 2.91. The van der Waals surface area contributed by atoms with Gasteiger partial charge in [-0.1, -0.05) is 0 Å². The van der Waals surface area contributed by atoms with E-state index in [0.29, 0.717) is 10.7 Å². The Morgan fingerprint density at radius 3 is 2.43 bits per heavy atom. The van der Waals surface area contributed by atoms with Crippen molar-refractivity contribution in [2.75, 3.05) is 10.2 Å². The van der Waals surface area contributed by atoms with E-state index in [-0.39, 0.29) is 28.4 Å². The largest absolute Gasteiger partial charge is 0.298 e. The molecule has 3 amide bonds. The molecule has 0 radical (unpaired) electrons. The van der Waals surface area contributed by atoms with Crippen LogP contribution in [-0.2, 0) is 0 Å². The molecular weight excluding hydrogens is 384 g/mol. The van der Waals surface area contributed by atoms with Gasteiger partial charge in [0.1, 0.15) is 0 Å². The molecule has 10 heteroatoms. The first-order valence-corrected chi connectivity index (χ1v) is 8.82.